The molecule has 0 aliphatic carbocycles. The van der Waals surface area contributed by atoms with Gasteiger partial charge >= 0.3 is 5.97 Å². The first-order valence-corrected chi connectivity index (χ1v) is 5.60. The predicted octanol–water partition coefficient (Wildman–Crippen LogP) is 0.585. The van der Waals surface area contributed by atoms with Crippen molar-refractivity contribution in [3.63, 3.8) is 0 Å². The van der Waals surface area contributed by atoms with Crippen LogP contribution in [-0.2, 0) is 9.59 Å². The van der Waals surface area contributed by atoms with Gasteiger partial charge < -0.3 is 16.2 Å². The topological polar surface area (TPSA) is 92.4 Å². The summed E-state index contributed by atoms with van der Waals surface area (Å²) in [6.07, 6.45) is 0.786. The Kier molecular flexibility index (Phi) is 6.03. The molecule has 0 unspecified atom stereocenters. The number of carboxylic acid groups (broad SMARTS) is 1. The van der Waals surface area contributed by atoms with Gasteiger partial charge in [0.2, 0.25) is 5.91 Å². The van der Waals surface area contributed by atoms with Crippen LogP contribution < -0.4 is 11.1 Å². The molecule has 0 aromatic rings. The monoisotopic (exact) mass is 230 g/mol. The van der Waals surface area contributed by atoms with E-state index in [-0.39, 0.29) is 11.8 Å². The van der Waals surface area contributed by atoms with Crippen molar-refractivity contribution >= 4 is 11.9 Å². The molecule has 4 N–H and O–H groups in total. The summed E-state index contributed by atoms with van der Waals surface area (Å²) >= 11 is 0. The number of carbonyl (C=O) groups excluding carboxylic acids is 1. The van der Waals surface area contributed by atoms with Crippen molar-refractivity contribution in [1.29, 1.82) is 0 Å². The molecule has 0 rings (SSSR count). The van der Waals surface area contributed by atoms with Gasteiger partial charge in [-0.05, 0) is 11.8 Å². The fraction of sp³-hybridized carbons (Fsp3) is 0.818. The molecule has 5 heteroatoms. The van der Waals surface area contributed by atoms with E-state index in [9.17, 15) is 9.59 Å². The highest BCUT2D eigenvalue weighted by molar-refractivity contribution is 5.87. The number of nitrogens with one attached hydrogen (secondary N) is 1. The molecule has 0 saturated heterocycles. The zero-order chi connectivity index (χ0) is 12.9. The number of carbonyl (C=O) groups is 2. The largest absolute Gasteiger partial charge is 0.480 e. The minimum atomic E-state index is -1.03. The van der Waals surface area contributed by atoms with Crippen LogP contribution in [0.25, 0.3) is 0 Å². The fourth-order valence-corrected chi connectivity index (χ4v) is 1.28. The van der Waals surface area contributed by atoms with Gasteiger partial charge in [-0.25, -0.2) is 4.79 Å². The van der Waals surface area contributed by atoms with Gasteiger partial charge in [-0.3, -0.25) is 4.79 Å². The Bertz CT molecular complexity index is 254. The molecule has 0 saturated carbocycles. The zero-order valence-corrected chi connectivity index (χ0v) is 10.4. The van der Waals surface area contributed by atoms with Crippen LogP contribution in [0.4, 0.5) is 0 Å². The molecular formula is C11H22N2O3. The predicted molar refractivity (Wildman–Crippen MR) is 61.8 cm³/mol. The van der Waals surface area contributed by atoms with Gasteiger partial charge in [0.15, 0.2) is 0 Å². The number of hydrogen-bond acceptors (Lipinski definition) is 3. The molecule has 94 valence electrons. The lowest BCUT2D eigenvalue weighted by molar-refractivity contribution is -0.143. The lowest BCUT2D eigenvalue weighted by Gasteiger charge is -2.23. The summed E-state index contributed by atoms with van der Waals surface area (Å²) in [7, 11) is 0. The van der Waals surface area contributed by atoms with E-state index in [2.05, 4.69) is 5.32 Å². The van der Waals surface area contributed by atoms with Crippen LogP contribution in [0.5, 0.6) is 0 Å². The minimum absolute atomic E-state index is 0.0432. The summed E-state index contributed by atoms with van der Waals surface area (Å²) in [4.78, 5) is 22.5. The molecule has 16 heavy (non-hydrogen) atoms. The van der Waals surface area contributed by atoms with E-state index in [1.165, 1.54) is 0 Å². The van der Waals surface area contributed by atoms with Crippen molar-refractivity contribution in [3.05, 3.63) is 0 Å². The SMILES string of the molecule is CC[C@@H](C)[C@@H](N)C(=O)N[C@H](C(=O)O)C(C)C. The average Bonchev–Trinajstić information content (AvgIpc) is 2.22. The number of carboxylic acids is 1. The normalized spacial score (nSPS) is 16.6. The Morgan fingerprint density at radius 1 is 1.31 bits per heavy atom. The molecular weight excluding hydrogens is 208 g/mol. The third-order valence-corrected chi connectivity index (χ3v) is 2.79. The second kappa shape index (κ2) is 6.48. The molecule has 0 spiro atoms. The lowest BCUT2D eigenvalue weighted by Crippen LogP contribution is -2.52. The highest BCUT2D eigenvalue weighted by Crippen LogP contribution is 2.07. The zero-order valence-electron chi connectivity index (χ0n) is 10.4. The molecule has 0 bridgehead atoms. The summed E-state index contributed by atoms with van der Waals surface area (Å²) in [5.74, 6) is -1.54. The van der Waals surface area contributed by atoms with Crippen molar-refractivity contribution in [2.24, 2.45) is 17.6 Å². The van der Waals surface area contributed by atoms with E-state index < -0.39 is 24.0 Å². The fourth-order valence-electron chi connectivity index (χ4n) is 1.28. The van der Waals surface area contributed by atoms with Crippen LogP contribution in [0.1, 0.15) is 34.1 Å². The smallest absolute Gasteiger partial charge is 0.326 e. The standard InChI is InChI=1S/C11H22N2O3/c1-5-7(4)8(12)10(14)13-9(6(2)3)11(15)16/h6-9H,5,12H2,1-4H3,(H,13,14)(H,15,16)/t7-,8-,9+/m1/s1. The van der Waals surface area contributed by atoms with Crippen molar-refractivity contribution < 1.29 is 14.7 Å². The molecule has 1 amide bonds. The van der Waals surface area contributed by atoms with Crippen molar-refractivity contribution in [3.8, 4) is 0 Å². The number of aliphatic carboxylic acids is 1. The molecule has 0 aromatic heterocycles. The van der Waals surface area contributed by atoms with Gasteiger partial charge in [0.1, 0.15) is 6.04 Å². The molecule has 0 fully saturated rings. The van der Waals surface area contributed by atoms with Crippen LogP contribution in [0, 0.1) is 11.8 Å². The Hall–Kier alpha value is -1.10. The summed E-state index contributed by atoms with van der Waals surface area (Å²) in [6, 6.07) is -1.52. The van der Waals surface area contributed by atoms with Gasteiger partial charge in [-0.2, -0.15) is 0 Å². The third kappa shape index (κ3) is 4.18. The summed E-state index contributed by atoms with van der Waals surface area (Å²) < 4.78 is 0. The Balaban J connectivity index is 4.46. The second-order valence-corrected chi connectivity index (χ2v) is 4.48. The maximum atomic E-state index is 11.7. The summed E-state index contributed by atoms with van der Waals surface area (Å²) in [5, 5.41) is 11.4. The first-order valence-electron chi connectivity index (χ1n) is 5.60. The molecule has 3 atom stereocenters. The van der Waals surface area contributed by atoms with Crippen LogP contribution in [0.15, 0.2) is 0 Å². The number of amides is 1. The quantitative estimate of drug-likeness (QED) is 0.622. The van der Waals surface area contributed by atoms with Gasteiger partial charge in [-0.15, -0.1) is 0 Å². The Morgan fingerprint density at radius 3 is 2.12 bits per heavy atom. The summed E-state index contributed by atoms with van der Waals surface area (Å²) in [5.41, 5.74) is 5.71. The van der Waals surface area contributed by atoms with Crippen LogP contribution in [-0.4, -0.2) is 29.1 Å². The van der Waals surface area contributed by atoms with Crippen molar-refractivity contribution in [2.45, 2.75) is 46.2 Å². The van der Waals surface area contributed by atoms with E-state index in [0.29, 0.717) is 0 Å². The van der Waals surface area contributed by atoms with E-state index >= 15 is 0 Å². The van der Waals surface area contributed by atoms with E-state index in [0.717, 1.165) is 6.42 Å². The highest BCUT2D eigenvalue weighted by atomic mass is 16.4. The maximum Gasteiger partial charge on any atom is 0.326 e. The van der Waals surface area contributed by atoms with E-state index in [4.69, 9.17) is 10.8 Å². The highest BCUT2D eigenvalue weighted by Gasteiger charge is 2.27. The minimum Gasteiger partial charge on any atom is -0.480 e. The average molecular weight is 230 g/mol. The van der Waals surface area contributed by atoms with Gasteiger partial charge in [0.05, 0.1) is 6.04 Å². The van der Waals surface area contributed by atoms with E-state index in [1.54, 1.807) is 13.8 Å². The molecule has 0 aliphatic heterocycles. The third-order valence-electron chi connectivity index (χ3n) is 2.79. The molecule has 0 aliphatic rings. The lowest BCUT2D eigenvalue weighted by atomic mass is 9.98. The first-order chi connectivity index (χ1) is 7.31. The number of nitrogens with two attached hydrogens (primary N) is 1. The first kappa shape index (κ1) is 14.9. The van der Waals surface area contributed by atoms with Crippen molar-refractivity contribution in [2.75, 3.05) is 0 Å². The molecule has 5 nitrogen and oxygen atoms in total. The van der Waals surface area contributed by atoms with Gasteiger partial charge in [0.25, 0.3) is 0 Å². The van der Waals surface area contributed by atoms with Crippen LogP contribution in [0.3, 0.4) is 0 Å². The van der Waals surface area contributed by atoms with Crippen LogP contribution in [0.2, 0.25) is 0 Å². The molecule has 0 radical (unpaired) electrons. The van der Waals surface area contributed by atoms with Gasteiger partial charge in [0, 0.05) is 0 Å². The van der Waals surface area contributed by atoms with E-state index in [1.807, 2.05) is 13.8 Å². The molecule has 0 aromatic carbocycles. The van der Waals surface area contributed by atoms with Crippen LogP contribution >= 0.6 is 0 Å². The Morgan fingerprint density at radius 2 is 1.81 bits per heavy atom. The van der Waals surface area contributed by atoms with Gasteiger partial charge in [-0.1, -0.05) is 34.1 Å². The number of hydrogen-bond donors (Lipinski definition) is 3. The summed E-state index contributed by atoms with van der Waals surface area (Å²) in [6.45, 7) is 7.30. The maximum absolute atomic E-state index is 11.7. The second-order valence-electron chi connectivity index (χ2n) is 4.48. The van der Waals surface area contributed by atoms with Crippen molar-refractivity contribution in [1.82, 2.24) is 5.32 Å². The molecule has 0 heterocycles. The Labute approximate surface area is 96.4 Å². The number of rotatable bonds is 6.